The van der Waals surface area contributed by atoms with Crippen LogP contribution >= 0.6 is 11.6 Å². The SMILES string of the molecule is CCOc1cc(/C=C(\C#N)C(=O)Nc2ccc(S(N)(=O)=O)cc2)cc(Cl)c1OC. The predicted octanol–water partition coefficient (Wildman–Crippen LogP) is 2.94. The third-order valence-corrected chi connectivity index (χ3v) is 4.86. The van der Waals surface area contributed by atoms with Crippen molar-refractivity contribution in [2.45, 2.75) is 11.8 Å². The highest BCUT2D eigenvalue weighted by molar-refractivity contribution is 7.89. The second-order valence-corrected chi connectivity index (χ2v) is 7.63. The molecule has 0 radical (unpaired) electrons. The maximum atomic E-state index is 12.4. The summed E-state index contributed by atoms with van der Waals surface area (Å²) in [6.45, 7) is 2.17. The second kappa shape index (κ2) is 9.43. The Balaban J connectivity index is 2.30. The predicted molar refractivity (Wildman–Crippen MR) is 109 cm³/mol. The van der Waals surface area contributed by atoms with E-state index >= 15 is 0 Å². The number of carbonyl (C=O) groups excluding carboxylic acids is 1. The molecular weight excluding hydrogens is 418 g/mol. The van der Waals surface area contributed by atoms with Gasteiger partial charge < -0.3 is 14.8 Å². The van der Waals surface area contributed by atoms with Crippen LogP contribution in [0.2, 0.25) is 5.02 Å². The van der Waals surface area contributed by atoms with Gasteiger partial charge in [0.1, 0.15) is 11.6 Å². The molecule has 0 unspecified atom stereocenters. The third kappa shape index (κ3) is 5.71. The van der Waals surface area contributed by atoms with Gasteiger partial charge in [-0.2, -0.15) is 5.26 Å². The Kier molecular flexibility index (Phi) is 7.23. The van der Waals surface area contributed by atoms with Gasteiger partial charge in [0.2, 0.25) is 10.0 Å². The van der Waals surface area contributed by atoms with Crippen LogP contribution in [0.5, 0.6) is 11.5 Å². The number of primary sulfonamides is 1. The molecule has 2 aromatic rings. The number of hydrogen-bond acceptors (Lipinski definition) is 6. The summed E-state index contributed by atoms with van der Waals surface area (Å²) in [4.78, 5) is 12.3. The van der Waals surface area contributed by atoms with Crippen LogP contribution in [-0.4, -0.2) is 28.0 Å². The van der Waals surface area contributed by atoms with Gasteiger partial charge >= 0.3 is 0 Å². The van der Waals surface area contributed by atoms with Crippen LogP contribution in [0.3, 0.4) is 0 Å². The van der Waals surface area contributed by atoms with Crippen molar-refractivity contribution in [2.24, 2.45) is 5.14 Å². The summed E-state index contributed by atoms with van der Waals surface area (Å²) < 4.78 is 33.2. The molecule has 0 aliphatic carbocycles. The van der Waals surface area contributed by atoms with Gasteiger partial charge in [-0.15, -0.1) is 0 Å². The molecule has 2 rings (SSSR count). The Bertz CT molecular complexity index is 1090. The zero-order valence-corrected chi connectivity index (χ0v) is 17.2. The molecule has 0 saturated heterocycles. The van der Waals surface area contributed by atoms with Gasteiger partial charge in [-0.05, 0) is 55.0 Å². The van der Waals surface area contributed by atoms with Gasteiger partial charge in [0.05, 0.1) is 23.6 Å². The number of ether oxygens (including phenoxy) is 2. The van der Waals surface area contributed by atoms with Crippen LogP contribution in [0.25, 0.3) is 6.08 Å². The molecule has 1 amide bonds. The summed E-state index contributed by atoms with van der Waals surface area (Å²) in [6.07, 6.45) is 1.35. The lowest BCUT2D eigenvalue weighted by molar-refractivity contribution is -0.112. The van der Waals surface area contributed by atoms with E-state index in [-0.39, 0.29) is 15.5 Å². The number of nitriles is 1. The minimum Gasteiger partial charge on any atom is -0.491 e. The number of carbonyl (C=O) groups is 1. The number of nitrogens with zero attached hydrogens (tertiary/aromatic N) is 1. The molecule has 0 bridgehead atoms. The van der Waals surface area contributed by atoms with Crippen molar-refractivity contribution in [3.63, 3.8) is 0 Å². The van der Waals surface area contributed by atoms with Crippen LogP contribution < -0.4 is 19.9 Å². The monoisotopic (exact) mass is 435 g/mol. The summed E-state index contributed by atoms with van der Waals surface area (Å²) in [5, 5.41) is 17.2. The van der Waals surface area contributed by atoms with Crippen molar-refractivity contribution in [1.82, 2.24) is 0 Å². The maximum absolute atomic E-state index is 12.4. The number of nitrogens with two attached hydrogens (primary N) is 1. The van der Waals surface area contributed by atoms with E-state index in [1.807, 2.05) is 6.07 Å². The number of amides is 1. The standard InChI is InChI=1S/C19H18ClN3O5S/c1-3-28-17-10-12(9-16(20)18(17)27-2)8-13(11-21)19(24)23-14-4-6-15(7-5-14)29(22,25)26/h4-10H,3H2,1-2H3,(H,23,24)(H2,22,25,26)/b13-8+. The van der Waals surface area contributed by atoms with Gasteiger partial charge in [0.25, 0.3) is 5.91 Å². The fourth-order valence-electron chi connectivity index (χ4n) is 2.37. The summed E-state index contributed by atoms with van der Waals surface area (Å²) in [6, 6.07) is 10.2. The largest absolute Gasteiger partial charge is 0.491 e. The summed E-state index contributed by atoms with van der Waals surface area (Å²) in [5.41, 5.74) is 0.575. The quantitative estimate of drug-likeness (QED) is 0.507. The first-order chi connectivity index (χ1) is 13.7. The van der Waals surface area contributed by atoms with E-state index in [9.17, 15) is 18.5 Å². The average molecular weight is 436 g/mol. The van der Waals surface area contributed by atoms with Crippen molar-refractivity contribution < 1.29 is 22.7 Å². The molecule has 152 valence electrons. The lowest BCUT2D eigenvalue weighted by atomic mass is 10.1. The van der Waals surface area contributed by atoms with Crippen molar-refractivity contribution >= 4 is 39.3 Å². The van der Waals surface area contributed by atoms with Crippen LogP contribution in [0.4, 0.5) is 5.69 Å². The Morgan fingerprint density at radius 1 is 1.31 bits per heavy atom. The smallest absolute Gasteiger partial charge is 0.266 e. The number of anilines is 1. The van der Waals surface area contributed by atoms with E-state index in [0.29, 0.717) is 29.4 Å². The van der Waals surface area contributed by atoms with Crippen LogP contribution in [0.1, 0.15) is 12.5 Å². The van der Waals surface area contributed by atoms with Crippen LogP contribution in [0, 0.1) is 11.3 Å². The number of hydrogen-bond donors (Lipinski definition) is 2. The Hall–Kier alpha value is -3.06. The van der Waals surface area contributed by atoms with E-state index in [1.165, 1.54) is 43.5 Å². The van der Waals surface area contributed by atoms with E-state index in [1.54, 1.807) is 13.0 Å². The summed E-state index contributed by atoms with van der Waals surface area (Å²) in [7, 11) is -2.39. The van der Waals surface area contributed by atoms with Gasteiger partial charge in [-0.3, -0.25) is 4.79 Å². The molecule has 0 aliphatic rings. The first-order valence-corrected chi connectivity index (χ1v) is 10.2. The lowest BCUT2D eigenvalue weighted by Crippen LogP contribution is -2.14. The molecule has 29 heavy (non-hydrogen) atoms. The number of rotatable bonds is 7. The van der Waals surface area contributed by atoms with Crippen molar-refractivity contribution in [2.75, 3.05) is 19.0 Å². The molecule has 0 aliphatic heterocycles. The second-order valence-electron chi connectivity index (χ2n) is 5.66. The van der Waals surface area contributed by atoms with E-state index in [4.69, 9.17) is 26.2 Å². The van der Waals surface area contributed by atoms with Crippen molar-refractivity contribution in [3.8, 4) is 17.6 Å². The molecule has 0 atom stereocenters. The van der Waals surface area contributed by atoms with Gasteiger partial charge in [0.15, 0.2) is 11.5 Å². The number of halogens is 1. The topological polar surface area (TPSA) is 132 Å². The lowest BCUT2D eigenvalue weighted by Gasteiger charge is -2.12. The molecule has 0 saturated carbocycles. The molecular formula is C19H18ClN3O5S. The average Bonchev–Trinajstić information content (AvgIpc) is 2.66. The third-order valence-electron chi connectivity index (χ3n) is 3.65. The van der Waals surface area contributed by atoms with Crippen LogP contribution in [-0.2, 0) is 14.8 Å². The van der Waals surface area contributed by atoms with Gasteiger partial charge in [-0.25, -0.2) is 13.6 Å². The molecule has 0 spiro atoms. The Morgan fingerprint density at radius 3 is 2.48 bits per heavy atom. The molecule has 2 aromatic carbocycles. The summed E-state index contributed by atoms with van der Waals surface area (Å²) >= 11 is 6.18. The molecule has 8 nitrogen and oxygen atoms in total. The number of sulfonamides is 1. The number of benzene rings is 2. The summed E-state index contributed by atoms with van der Waals surface area (Å²) in [5.74, 6) is 0.0503. The zero-order chi connectivity index (χ0) is 21.6. The highest BCUT2D eigenvalue weighted by atomic mass is 35.5. The number of nitrogens with one attached hydrogen (secondary N) is 1. The van der Waals surface area contributed by atoms with Gasteiger partial charge in [0, 0.05) is 5.69 Å². The molecule has 10 heteroatoms. The molecule has 0 aromatic heterocycles. The van der Waals surface area contributed by atoms with Gasteiger partial charge in [-0.1, -0.05) is 11.6 Å². The molecule has 0 heterocycles. The molecule has 0 fully saturated rings. The molecule has 3 N–H and O–H groups in total. The Morgan fingerprint density at radius 2 is 1.97 bits per heavy atom. The van der Waals surface area contributed by atoms with E-state index < -0.39 is 15.9 Å². The Labute approximate surface area is 173 Å². The van der Waals surface area contributed by atoms with Crippen molar-refractivity contribution in [1.29, 1.82) is 5.26 Å². The van der Waals surface area contributed by atoms with E-state index in [0.717, 1.165) is 0 Å². The minimum absolute atomic E-state index is 0.0946. The highest BCUT2D eigenvalue weighted by Crippen LogP contribution is 2.37. The minimum atomic E-state index is -3.84. The maximum Gasteiger partial charge on any atom is 0.266 e. The highest BCUT2D eigenvalue weighted by Gasteiger charge is 2.14. The van der Waals surface area contributed by atoms with Crippen molar-refractivity contribution in [3.05, 3.63) is 52.6 Å². The zero-order valence-electron chi connectivity index (χ0n) is 15.6. The first kappa shape index (κ1) is 22.2. The fourth-order valence-corrected chi connectivity index (χ4v) is 3.19. The normalized spacial score (nSPS) is 11.5. The number of methoxy groups -OCH3 is 1. The fraction of sp³-hybridized carbons (Fsp3) is 0.158. The van der Waals surface area contributed by atoms with Crippen LogP contribution in [0.15, 0.2) is 46.9 Å². The van der Waals surface area contributed by atoms with E-state index in [2.05, 4.69) is 5.32 Å². The first-order valence-electron chi connectivity index (χ1n) is 8.26.